The summed E-state index contributed by atoms with van der Waals surface area (Å²) in [4.78, 5) is 11.2. The first-order valence-corrected chi connectivity index (χ1v) is 11.1. The van der Waals surface area contributed by atoms with Crippen LogP contribution < -0.4 is 0 Å². The lowest BCUT2D eigenvalue weighted by Gasteiger charge is -2.20. The van der Waals surface area contributed by atoms with E-state index in [1.807, 2.05) is 0 Å². The van der Waals surface area contributed by atoms with E-state index >= 15 is 0 Å². The standard InChI is InChI=1S/C10H7BrO2.C7H18Si/c1-3-7-5-4-6-8(9(7)11)10(12)13-2;1-5-8(4,6-2)7-3/h1,4-6H,2H3;5-7H2,1-4H3. The summed E-state index contributed by atoms with van der Waals surface area (Å²) in [5.41, 5.74) is 1.08. The summed E-state index contributed by atoms with van der Waals surface area (Å²) in [6.07, 6.45) is 5.23. The molecule has 0 amide bonds. The lowest BCUT2D eigenvalue weighted by Crippen LogP contribution is -2.25. The number of halogens is 1. The zero-order chi connectivity index (χ0) is 16.5. The van der Waals surface area contributed by atoms with Crippen molar-refractivity contribution in [2.24, 2.45) is 0 Å². The minimum absolute atomic E-state index is 0.399. The predicted molar refractivity (Wildman–Crippen MR) is 96.5 cm³/mol. The molecule has 0 fully saturated rings. The summed E-state index contributed by atoms with van der Waals surface area (Å²) in [6, 6.07) is 9.49. The second-order valence-electron chi connectivity index (χ2n) is 5.17. The van der Waals surface area contributed by atoms with Crippen molar-refractivity contribution >= 4 is 30.0 Å². The van der Waals surface area contributed by atoms with Gasteiger partial charge in [-0.1, -0.05) is 57.4 Å². The quantitative estimate of drug-likeness (QED) is 0.407. The van der Waals surface area contributed by atoms with Gasteiger partial charge in [-0.15, -0.1) is 6.42 Å². The van der Waals surface area contributed by atoms with Crippen molar-refractivity contribution in [3.8, 4) is 12.3 Å². The van der Waals surface area contributed by atoms with Gasteiger partial charge in [0.1, 0.15) is 0 Å². The highest BCUT2D eigenvalue weighted by Crippen LogP contribution is 2.21. The zero-order valence-electron chi connectivity index (χ0n) is 13.6. The maximum atomic E-state index is 11.2. The third-order valence-electron chi connectivity index (χ3n) is 4.12. The number of ether oxygens (including phenoxy) is 1. The number of rotatable bonds is 4. The molecular formula is C17H25BrO2Si. The van der Waals surface area contributed by atoms with Gasteiger partial charge in [-0.25, -0.2) is 4.79 Å². The highest BCUT2D eigenvalue weighted by Gasteiger charge is 2.18. The van der Waals surface area contributed by atoms with E-state index in [4.69, 9.17) is 6.42 Å². The van der Waals surface area contributed by atoms with Gasteiger partial charge < -0.3 is 4.74 Å². The van der Waals surface area contributed by atoms with E-state index < -0.39 is 14.0 Å². The second kappa shape index (κ2) is 9.81. The highest BCUT2D eigenvalue weighted by molar-refractivity contribution is 9.10. The molecule has 0 atom stereocenters. The summed E-state index contributed by atoms with van der Waals surface area (Å²) >= 11 is 3.24. The Balaban J connectivity index is 0.000000433. The second-order valence-corrected chi connectivity index (χ2v) is 11.7. The Kier molecular flexibility index (Phi) is 9.31. The molecule has 0 saturated carbocycles. The summed E-state index contributed by atoms with van der Waals surface area (Å²) in [7, 11) is 0.659. The first-order chi connectivity index (χ1) is 9.88. The summed E-state index contributed by atoms with van der Waals surface area (Å²) < 4.78 is 5.18. The first kappa shape index (κ1) is 19.9. The molecule has 0 aromatic heterocycles. The molecule has 1 aromatic carbocycles. The van der Waals surface area contributed by atoms with E-state index in [1.165, 1.54) is 25.2 Å². The maximum Gasteiger partial charge on any atom is 0.339 e. The van der Waals surface area contributed by atoms with E-state index in [-0.39, 0.29) is 0 Å². The molecule has 0 unspecified atom stereocenters. The molecule has 0 spiro atoms. The minimum Gasteiger partial charge on any atom is -0.465 e. The molecule has 2 nitrogen and oxygen atoms in total. The third kappa shape index (κ3) is 6.07. The number of benzene rings is 1. The van der Waals surface area contributed by atoms with Crippen molar-refractivity contribution in [2.45, 2.75) is 45.5 Å². The van der Waals surface area contributed by atoms with E-state index in [1.54, 1.807) is 18.2 Å². The lowest BCUT2D eigenvalue weighted by atomic mass is 10.1. The Bertz CT molecular complexity index is 494. The van der Waals surface area contributed by atoms with Gasteiger partial charge in [-0.3, -0.25) is 0 Å². The molecule has 4 heteroatoms. The van der Waals surface area contributed by atoms with Crippen LogP contribution in [0.3, 0.4) is 0 Å². The van der Waals surface area contributed by atoms with Gasteiger partial charge in [0, 0.05) is 18.1 Å². The van der Waals surface area contributed by atoms with Gasteiger partial charge in [0.2, 0.25) is 0 Å². The number of methoxy groups -OCH3 is 1. The van der Waals surface area contributed by atoms with Crippen molar-refractivity contribution in [3.63, 3.8) is 0 Å². The number of carbonyl (C=O) groups excluding carboxylic acids is 1. The molecule has 0 heterocycles. The SMILES string of the molecule is C#Cc1cccc(C(=O)OC)c1Br.CC[Si](C)(CC)CC. The number of carbonyl (C=O) groups is 1. The van der Waals surface area contributed by atoms with Crippen LogP contribution in [0, 0.1) is 12.3 Å². The molecule has 0 saturated heterocycles. The number of terminal acetylenes is 1. The first-order valence-electron chi connectivity index (χ1n) is 7.22. The molecule has 0 aliphatic rings. The van der Waals surface area contributed by atoms with Gasteiger partial charge in [0.25, 0.3) is 0 Å². The largest absolute Gasteiger partial charge is 0.465 e. The molecule has 0 N–H and O–H groups in total. The van der Waals surface area contributed by atoms with Crippen molar-refractivity contribution in [2.75, 3.05) is 7.11 Å². The average Bonchev–Trinajstić information content (AvgIpc) is 2.54. The van der Waals surface area contributed by atoms with E-state index in [9.17, 15) is 4.79 Å². The fourth-order valence-electron chi connectivity index (χ4n) is 1.66. The molecule has 0 aliphatic carbocycles. The molecule has 0 radical (unpaired) electrons. The van der Waals surface area contributed by atoms with E-state index in [2.05, 4.69) is 53.9 Å². The van der Waals surface area contributed by atoms with Crippen LogP contribution in [0.25, 0.3) is 0 Å². The molecular weight excluding hydrogens is 344 g/mol. The molecule has 21 heavy (non-hydrogen) atoms. The Morgan fingerprint density at radius 2 is 1.81 bits per heavy atom. The van der Waals surface area contributed by atoms with Crippen LogP contribution in [-0.2, 0) is 4.74 Å². The van der Waals surface area contributed by atoms with Crippen molar-refractivity contribution in [1.82, 2.24) is 0 Å². The van der Waals surface area contributed by atoms with Crippen LogP contribution in [0.4, 0.5) is 0 Å². The van der Waals surface area contributed by atoms with Crippen LogP contribution in [0.15, 0.2) is 22.7 Å². The molecule has 0 bridgehead atoms. The maximum absolute atomic E-state index is 11.2. The number of hydrogen-bond acceptors (Lipinski definition) is 2. The van der Waals surface area contributed by atoms with E-state index in [0.29, 0.717) is 15.6 Å². The average molecular weight is 369 g/mol. The fourth-order valence-corrected chi connectivity index (χ4v) is 3.70. The van der Waals surface area contributed by atoms with Gasteiger partial charge in [0.05, 0.1) is 12.7 Å². The molecule has 1 aromatic rings. The van der Waals surface area contributed by atoms with Crippen molar-refractivity contribution < 1.29 is 9.53 Å². The predicted octanol–water partition coefficient (Wildman–Crippen LogP) is 5.34. The number of hydrogen-bond donors (Lipinski definition) is 0. The number of esters is 1. The van der Waals surface area contributed by atoms with Gasteiger partial charge in [0.15, 0.2) is 0 Å². The monoisotopic (exact) mass is 368 g/mol. The normalized spacial score (nSPS) is 10.1. The zero-order valence-corrected chi connectivity index (χ0v) is 16.2. The fraction of sp³-hybridized carbons (Fsp3) is 0.471. The van der Waals surface area contributed by atoms with Gasteiger partial charge >= 0.3 is 5.97 Å². The highest BCUT2D eigenvalue weighted by atomic mass is 79.9. The minimum atomic E-state index is -0.671. The van der Waals surface area contributed by atoms with E-state index in [0.717, 1.165) is 0 Å². The van der Waals surface area contributed by atoms with Crippen LogP contribution in [-0.4, -0.2) is 21.2 Å². The van der Waals surface area contributed by atoms with Crippen LogP contribution in [0.1, 0.15) is 36.7 Å². The van der Waals surface area contributed by atoms with Crippen LogP contribution in [0.2, 0.25) is 24.7 Å². The topological polar surface area (TPSA) is 26.3 Å². The summed E-state index contributed by atoms with van der Waals surface area (Å²) in [5, 5.41) is 0. The molecule has 1 rings (SSSR count). The summed E-state index contributed by atoms with van der Waals surface area (Å²) in [5.74, 6) is 2.06. The van der Waals surface area contributed by atoms with Crippen LogP contribution in [0.5, 0.6) is 0 Å². The smallest absolute Gasteiger partial charge is 0.339 e. The Labute approximate surface area is 138 Å². The Morgan fingerprint density at radius 1 is 1.29 bits per heavy atom. The lowest BCUT2D eigenvalue weighted by molar-refractivity contribution is 0.0599. The Morgan fingerprint density at radius 3 is 2.14 bits per heavy atom. The van der Waals surface area contributed by atoms with Gasteiger partial charge in [-0.05, 0) is 28.1 Å². The molecule has 0 aliphatic heterocycles. The van der Waals surface area contributed by atoms with Crippen LogP contribution >= 0.6 is 15.9 Å². The molecule has 116 valence electrons. The summed E-state index contributed by atoms with van der Waals surface area (Å²) in [6.45, 7) is 9.49. The van der Waals surface area contributed by atoms with Crippen molar-refractivity contribution in [1.29, 1.82) is 0 Å². The Hall–Kier alpha value is -1.05. The third-order valence-corrected chi connectivity index (χ3v) is 10.1. The van der Waals surface area contributed by atoms with Gasteiger partial charge in [-0.2, -0.15) is 0 Å². The van der Waals surface area contributed by atoms with Crippen molar-refractivity contribution in [3.05, 3.63) is 33.8 Å².